The van der Waals surface area contributed by atoms with Crippen molar-refractivity contribution in [3.05, 3.63) is 36.2 Å². The van der Waals surface area contributed by atoms with Crippen LogP contribution in [0.1, 0.15) is 18.5 Å². The number of phenols is 1. The second kappa shape index (κ2) is 4.88. The van der Waals surface area contributed by atoms with Crippen molar-refractivity contribution in [2.24, 2.45) is 0 Å². The van der Waals surface area contributed by atoms with Crippen LogP contribution in [0.15, 0.2) is 30.5 Å². The molecule has 0 saturated heterocycles. The summed E-state index contributed by atoms with van der Waals surface area (Å²) in [7, 11) is -3.21. The molecule has 0 unspecified atom stereocenters. The van der Waals surface area contributed by atoms with Gasteiger partial charge in [-0.05, 0) is 37.1 Å². The average molecular weight is 294 g/mol. The van der Waals surface area contributed by atoms with Gasteiger partial charge in [0.05, 0.1) is 29.4 Å². The third-order valence-electron chi connectivity index (χ3n) is 3.07. The number of nitrogens with one attached hydrogen (secondary N) is 1. The molecular formula is C12H14N4O3S. The molecule has 0 atom stereocenters. The molecule has 1 aliphatic carbocycles. The van der Waals surface area contributed by atoms with Crippen molar-refractivity contribution in [2.45, 2.75) is 24.6 Å². The van der Waals surface area contributed by atoms with Crippen LogP contribution in [0.2, 0.25) is 0 Å². The molecule has 2 N–H and O–H groups in total. The van der Waals surface area contributed by atoms with Gasteiger partial charge >= 0.3 is 0 Å². The summed E-state index contributed by atoms with van der Waals surface area (Å²) in [5.41, 5.74) is 1.29. The number of hydrogen-bond donors (Lipinski definition) is 2. The van der Waals surface area contributed by atoms with Crippen LogP contribution in [0.5, 0.6) is 5.75 Å². The number of sulfonamides is 1. The summed E-state index contributed by atoms with van der Waals surface area (Å²) in [6.45, 7) is 0.136. The molecule has 0 radical (unpaired) electrons. The quantitative estimate of drug-likeness (QED) is 0.839. The van der Waals surface area contributed by atoms with E-state index in [1.807, 2.05) is 0 Å². The van der Waals surface area contributed by atoms with Crippen LogP contribution in [-0.2, 0) is 16.6 Å². The van der Waals surface area contributed by atoms with Crippen LogP contribution < -0.4 is 4.72 Å². The first-order valence-corrected chi connectivity index (χ1v) is 7.78. The molecule has 0 spiro atoms. The van der Waals surface area contributed by atoms with Crippen molar-refractivity contribution >= 4 is 10.0 Å². The lowest BCUT2D eigenvalue weighted by atomic mass is 10.3. The number of hydrogen-bond acceptors (Lipinski definition) is 5. The van der Waals surface area contributed by atoms with Gasteiger partial charge in [0.15, 0.2) is 0 Å². The maximum Gasteiger partial charge on any atom is 0.214 e. The van der Waals surface area contributed by atoms with Crippen molar-refractivity contribution in [3.8, 4) is 11.4 Å². The molecule has 8 heteroatoms. The largest absolute Gasteiger partial charge is 0.508 e. The molecule has 1 saturated carbocycles. The van der Waals surface area contributed by atoms with E-state index >= 15 is 0 Å². The smallest absolute Gasteiger partial charge is 0.214 e. The third-order valence-corrected chi connectivity index (χ3v) is 4.97. The van der Waals surface area contributed by atoms with Crippen LogP contribution in [0.3, 0.4) is 0 Å². The molecule has 2 aromatic rings. The first kappa shape index (κ1) is 13.1. The Kier molecular flexibility index (Phi) is 3.19. The lowest BCUT2D eigenvalue weighted by Crippen LogP contribution is -2.26. The van der Waals surface area contributed by atoms with E-state index in [0.717, 1.165) is 18.5 Å². The third kappa shape index (κ3) is 2.81. The maximum atomic E-state index is 11.7. The van der Waals surface area contributed by atoms with Gasteiger partial charge in [0.2, 0.25) is 10.0 Å². The lowest BCUT2D eigenvalue weighted by molar-refractivity contribution is 0.475. The molecule has 0 amide bonds. The SMILES string of the molecule is O=S(=O)(NCc1cn(-c2ccc(O)cc2)nn1)C1CC1. The summed E-state index contributed by atoms with van der Waals surface area (Å²) < 4.78 is 27.4. The Morgan fingerprint density at radius 1 is 1.30 bits per heavy atom. The molecule has 106 valence electrons. The topological polar surface area (TPSA) is 97.1 Å². The van der Waals surface area contributed by atoms with E-state index in [-0.39, 0.29) is 17.5 Å². The Morgan fingerprint density at radius 2 is 2.00 bits per heavy atom. The summed E-state index contributed by atoms with van der Waals surface area (Å²) in [5.74, 6) is 0.172. The van der Waals surface area contributed by atoms with E-state index in [4.69, 9.17) is 0 Å². The number of rotatable bonds is 5. The van der Waals surface area contributed by atoms with Gasteiger partial charge in [-0.3, -0.25) is 0 Å². The fourth-order valence-electron chi connectivity index (χ4n) is 1.78. The Balaban J connectivity index is 1.69. The first-order valence-electron chi connectivity index (χ1n) is 6.24. The number of aromatic hydroxyl groups is 1. The van der Waals surface area contributed by atoms with Gasteiger partial charge in [-0.1, -0.05) is 5.21 Å². The van der Waals surface area contributed by atoms with Crippen molar-refractivity contribution < 1.29 is 13.5 Å². The van der Waals surface area contributed by atoms with Crippen LogP contribution >= 0.6 is 0 Å². The summed E-state index contributed by atoms with van der Waals surface area (Å²) in [5, 5.41) is 16.8. The van der Waals surface area contributed by atoms with E-state index in [2.05, 4.69) is 15.0 Å². The van der Waals surface area contributed by atoms with Crippen molar-refractivity contribution in [3.63, 3.8) is 0 Å². The van der Waals surface area contributed by atoms with E-state index in [1.54, 1.807) is 30.5 Å². The molecule has 1 fully saturated rings. The van der Waals surface area contributed by atoms with Gasteiger partial charge < -0.3 is 5.11 Å². The van der Waals surface area contributed by atoms with E-state index < -0.39 is 10.0 Å². The van der Waals surface area contributed by atoms with Gasteiger partial charge in [0.25, 0.3) is 0 Å². The second-order valence-corrected chi connectivity index (χ2v) is 6.78. The molecular weight excluding hydrogens is 280 g/mol. The van der Waals surface area contributed by atoms with Crippen LogP contribution in [-0.4, -0.2) is 33.8 Å². The predicted molar refractivity (Wildman–Crippen MR) is 71.8 cm³/mol. The zero-order chi connectivity index (χ0) is 14.2. The minimum atomic E-state index is -3.21. The number of nitrogens with zero attached hydrogens (tertiary/aromatic N) is 3. The monoisotopic (exact) mass is 294 g/mol. The fraction of sp³-hybridized carbons (Fsp3) is 0.333. The number of benzene rings is 1. The van der Waals surface area contributed by atoms with Gasteiger partial charge in [0, 0.05) is 0 Å². The summed E-state index contributed by atoms with van der Waals surface area (Å²) in [6.07, 6.45) is 3.12. The minimum absolute atomic E-state index is 0.136. The zero-order valence-electron chi connectivity index (χ0n) is 10.6. The second-order valence-electron chi connectivity index (χ2n) is 4.74. The first-order chi connectivity index (χ1) is 9.54. The van der Waals surface area contributed by atoms with Crippen LogP contribution in [0.4, 0.5) is 0 Å². The molecule has 1 aromatic heterocycles. The summed E-state index contributed by atoms with van der Waals surface area (Å²) in [4.78, 5) is 0. The van der Waals surface area contributed by atoms with Crippen LogP contribution in [0, 0.1) is 0 Å². The molecule has 0 aliphatic heterocycles. The Hall–Kier alpha value is -1.93. The summed E-state index contributed by atoms with van der Waals surface area (Å²) >= 11 is 0. The standard InChI is InChI=1S/C12H14N4O3S/c17-11-3-1-10(2-4-11)16-8-9(14-15-16)7-13-20(18,19)12-5-6-12/h1-4,8,12-13,17H,5-7H2. The van der Waals surface area contributed by atoms with E-state index in [0.29, 0.717) is 5.69 Å². The van der Waals surface area contributed by atoms with Crippen molar-refractivity contribution in [1.82, 2.24) is 19.7 Å². The van der Waals surface area contributed by atoms with Crippen LogP contribution in [0.25, 0.3) is 5.69 Å². The normalized spacial score (nSPS) is 15.4. The minimum Gasteiger partial charge on any atom is -0.508 e. The zero-order valence-corrected chi connectivity index (χ0v) is 11.4. The van der Waals surface area contributed by atoms with Gasteiger partial charge in [-0.2, -0.15) is 0 Å². The van der Waals surface area contributed by atoms with Gasteiger partial charge in [0.1, 0.15) is 5.75 Å². The highest BCUT2D eigenvalue weighted by Crippen LogP contribution is 2.27. The van der Waals surface area contributed by atoms with Crippen molar-refractivity contribution in [1.29, 1.82) is 0 Å². The van der Waals surface area contributed by atoms with E-state index in [1.165, 1.54) is 4.68 Å². The predicted octanol–water partition coefficient (Wildman–Crippen LogP) is 0.555. The molecule has 7 nitrogen and oxygen atoms in total. The highest BCUT2D eigenvalue weighted by atomic mass is 32.2. The molecule has 1 aromatic carbocycles. The maximum absolute atomic E-state index is 11.7. The average Bonchev–Trinajstić information content (AvgIpc) is 3.18. The number of phenolic OH excluding ortho intramolecular Hbond substituents is 1. The highest BCUT2D eigenvalue weighted by molar-refractivity contribution is 7.90. The molecule has 1 aliphatic rings. The molecule has 3 rings (SSSR count). The van der Waals surface area contributed by atoms with Gasteiger partial charge in [-0.15, -0.1) is 5.10 Å². The molecule has 0 bridgehead atoms. The fourth-order valence-corrected chi connectivity index (χ4v) is 3.12. The number of aromatic nitrogens is 3. The summed E-state index contributed by atoms with van der Waals surface area (Å²) in [6, 6.07) is 6.49. The van der Waals surface area contributed by atoms with Gasteiger partial charge in [-0.25, -0.2) is 17.8 Å². The van der Waals surface area contributed by atoms with Crippen molar-refractivity contribution in [2.75, 3.05) is 0 Å². The Morgan fingerprint density at radius 3 is 2.65 bits per heavy atom. The molecule has 20 heavy (non-hydrogen) atoms. The Labute approximate surface area is 116 Å². The molecule has 1 heterocycles. The highest BCUT2D eigenvalue weighted by Gasteiger charge is 2.35. The Bertz CT molecular complexity index is 705. The lowest BCUT2D eigenvalue weighted by Gasteiger charge is -2.02. The van der Waals surface area contributed by atoms with E-state index in [9.17, 15) is 13.5 Å².